The number of hydrogen-bond donors (Lipinski definition) is 1. The van der Waals surface area contributed by atoms with Crippen molar-refractivity contribution in [3.8, 4) is 0 Å². The van der Waals surface area contributed by atoms with Crippen LogP contribution >= 0.6 is 0 Å². The Kier molecular flexibility index (Phi) is 3.99. The summed E-state index contributed by atoms with van der Waals surface area (Å²) in [4.78, 5) is 4.43. The Hall–Kier alpha value is -0.830. The Balaban J connectivity index is 1.88. The van der Waals surface area contributed by atoms with Gasteiger partial charge in [0.2, 0.25) is 0 Å². The Morgan fingerprint density at radius 3 is 2.81 bits per heavy atom. The van der Waals surface area contributed by atoms with Gasteiger partial charge in [0, 0.05) is 19.4 Å². The van der Waals surface area contributed by atoms with Gasteiger partial charge >= 0.3 is 0 Å². The zero-order chi connectivity index (χ0) is 11.4. The number of hydrogen-bond acceptors (Lipinski definition) is 2. The lowest BCUT2D eigenvalue weighted by Crippen LogP contribution is -2.20. The molecule has 90 valence electrons. The normalized spacial score (nSPS) is 19.1. The van der Waals surface area contributed by atoms with Gasteiger partial charge in [0.25, 0.3) is 0 Å². The molecular formula is C13H23N3. The van der Waals surface area contributed by atoms with Gasteiger partial charge in [-0.05, 0) is 25.8 Å². The SMILES string of the molecule is CNC(CCC1CCCC1)c1nccn1C. The lowest BCUT2D eigenvalue weighted by Gasteiger charge is -2.18. The van der Waals surface area contributed by atoms with E-state index >= 15 is 0 Å². The van der Waals surface area contributed by atoms with Crippen molar-refractivity contribution in [2.24, 2.45) is 13.0 Å². The average molecular weight is 221 g/mol. The van der Waals surface area contributed by atoms with E-state index in [1.165, 1.54) is 44.3 Å². The number of nitrogens with zero attached hydrogens (tertiary/aromatic N) is 2. The van der Waals surface area contributed by atoms with E-state index in [1.807, 2.05) is 19.4 Å². The second kappa shape index (κ2) is 5.48. The molecule has 1 unspecified atom stereocenters. The van der Waals surface area contributed by atoms with Crippen LogP contribution in [0, 0.1) is 5.92 Å². The van der Waals surface area contributed by atoms with E-state index < -0.39 is 0 Å². The van der Waals surface area contributed by atoms with Gasteiger partial charge in [0.1, 0.15) is 5.82 Å². The Morgan fingerprint density at radius 1 is 1.50 bits per heavy atom. The molecule has 0 aliphatic heterocycles. The summed E-state index contributed by atoms with van der Waals surface area (Å²) >= 11 is 0. The molecule has 16 heavy (non-hydrogen) atoms. The van der Waals surface area contributed by atoms with Gasteiger partial charge in [0.15, 0.2) is 0 Å². The minimum Gasteiger partial charge on any atom is -0.337 e. The van der Waals surface area contributed by atoms with E-state index in [9.17, 15) is 0 Å². The predicted octanol–water partition coefficient (Wildman–Crippen LogP) is 2.65. The molecule has 0 saturated heterocycles. The Bertz CT molecular complexity index is 313. The molecule has 1 N–H and O–H groups in total. The van der Waals surface area contributed by atoms with Crippen LogP contribution < -0.4 is 5.32 Å². The number of nitrogens with one attached hydrogen (secondary N) is 1. The fourth-order valence-electron chi connectivity index (χ4n) is 2.82. The maximum atomic E-state index is 4.43. The molecule has 1 fully saturated rings. The molecule has 1 aromatic rings. The largest absolute Gasteiger partial charge is 0.337 e. The van der Waals surface area contributed by atoms with E-state index in [0.29, 0.717) is 6.04 Å². The van der Waals surface area contributed by atoms with Gasteiger partial charge < -0.3 is 9.88 Å². The molecule has 1 atom stereocenters. The molecule has 1 aliphatic carbocycles. The van der Waals surface area contributed by atoms with Crippen LogP contribution in [0.1, 0.15) is 50.4 Å². The lowest BCUT2D eigenvalue weighted by atomic mass is 9.98. The maximum Gasteiger partial charge on any atom is 0.125 e. The first-order valence-electron chi connectivity index (χ1n) is 6.45. The first-order valence-corrected chi connectivity index (χ1v) is 6.45. The zero-order valence-corrected chi connectivity index (χ0v) is 10.4. The third-order valence-corrected chi connectivity index (χ3v) is 3.86. The average Bonchev–Trinajstić information content (AvgIpc) is 2.92. The van der Waals surface area contributed by atoms with Gasteiger partial charge in [-0.1, -0.05) is 25.7 Å². The summed E-state index contributed by atoms with van der Waals surface area (Å²) in [5.41, 5.74) is 0. The molecule has 0 spiro atoms. The van der Waals surface area contributed by atoms with Crippen molar-refractivity contribution in [3.05, 3.63) is 18.2 Å². The lowest BCUT2D eigenvalue weighted by molar-refractivity contribution is 0.412. The van der Waals surface area contributed by atoms with Crippen molar-refractivity contribution >= 4 is 0 Å². The standard InChI is InChI=1S/C13H23N3/c1-14-12(13-15-9-10-16(13)2)8-7-11-5-3-4-6-11/h9-12,14H,3-8H2,1-2H3. The summed E-state index contributed by atoms with van der Waals surface area (Å²) < 4.78 is 2.12. The summed E-state index contributed by atoms with van der Waals surface area (Å²) in [6.45, 7) is 0. The monoisotopic (exact) mass is 221 g/mol. The maximum absolute atomic E-state index is 4.43. The van der Waals surface area contributed by atoms with Crippen molar-refractivity contribution in [3.63, 3.8) is 0 Å². The highest BCUT2D eigenvalue weighted by Gasteiger charge is 2.19. The number of aromatic nitrogens is 2. The van der Waals surface area contributed by atoms with Gasteiger partial charge in [-0.3, -0.25) is 0 Å². The van der Waals surface area contributed by atoms with E-state index in [4.69, 9.17) is 0 Å². The number of rotatable bonds is 5. The van der Waals surface area contributed by atoms with Crippen LogP contribution in [0.15, 0.2) is 12.4 Å². The quantitative estimate of drug-likeness (QED) is 0.828. The summed E-state index contributed by atoms with van der Waals surface area (Å²) in [6, 6.07) is 0.417. The highest BCUT2D eigenvalue weighted by Crippen LogP contribution is 2.30. The molecule has 1 aromatic heterocycles. The van der Waals surface area contributed by atoms with E-state index in [0.717, 1.165) is 5.92 Å². The molecule has 3 heteroatoms. The Labute approximate surface area is 98.3 Å². The Morgan fingerprint density at radius 2 is 2.25 bits per heavy atom. The second-order valence-electron chi connectivity index (χ2n) is 4.97. The van der Waals surface area contributed by atoms with Gasteiger partial charge in [-0.2, -0.15) is 0 Å². The van der Waals surface area contributed by atoms with Crippen molar-refractivity contribution in [1.82, 2.24) is 14.9 Å². The number of imidazole rings is 1. The molecule has 1 aliphatic rings. The first kappa shape index (κ1) is 11.6. The number of aryl methyl sites for hydroxylation is 1. The van der Waals surface area contributed by atoms with Crippen LogP contribution in [0.4, 0.5) is 0 Å². The van der Waals surface area contributed by atoms with Crippen LogP contribution in [0.5, 0.6) is 0 Å². The highest BCUT2D eigenvalue weighted by molar-refractivity contribution is 4.98. The van der Waals surface area contributed by atoms with E-state index in [-0.39, 0.29) is 0 Å². The van der Waals surface area contributed by atoms with Gasteiger partial charge in [-0.15, -0.1) is 0 Å². The third kappa shape index (κ3) is 2.64. The molecule has 2 rings (SSSR count). The summed E-state index contributed by atoms with van der Waals surface area (Å²) in [5, 5.41) is 3.39. The summed E-state index contributed by atoms with van der Waals surface area (Å²) in [5.74, 6) is 2.14. The van der Waals surface area contributed by atoms with Crippen LogP contribution in [0.2, 0.25) is 0 Å². The molecule has 1 saturated carbocycles. The van der Waals surface area contributed by atoms with Crippen molar-refractivity contribution in [2.45, 2.75) is 44.6 Å². The highest BCUT2D eigenvalue weighted by atomic mass is 15.1. The van der Waals surface area contributed by atoms with Crippen molar-refractivity contribution in [1.29, 1.82) is 0 Å². The molecule has 0 amide bonds. The van der Waals surface area contributed by atoms with Crippen LogP contribution in [0.25, 0.3) is 0 Å². The molecule has 3 nitrogen and oxygen atoms in total. The summed E-state index contributed by atoms with van der Waals surface area (Å²) in [6.07, 6.45) is 12.2. The third-order valence-electron chi connectivity index (χ3n) is 3.86. The minimum atomic E-state index is 0.417. The van der Waals surface area contributed by atoms with Crippen molar-refractivity contribution < 1.29 is 0 Å². The molecule has 0 aromatic carbocycles. The van der Waals surface area contributed by atoms with E-state index in [1.54, 1.807) is 0 Å². The van der Waals surface area contributed by atoms with Gasteiger partial charge in [0.05, 0.1) is 6.04 Å². The second-order valence-corrected chi connectivity index (χ2v) is 4.97. The fraction of sp³-hybridized carbons (Fsp3) is 0.769. The van der Waals surface area contributed by atoms with Crippen LogP contribution in [0.3, 0.4) is 0 Å². The van der Waals surface area contributed by atoms with Crippen molar-refractivity contribution in [2.75, 3.05) is 7.05 Å². The summed E-state index contributed by atoms with van der Waals surface area (Å²) in [7, 11) is 4.11. The predicted molar refractivity (Wildman–Crippen MR) is 66.2 cm³/mol. The molecule has 0 bridgehead atoms. The van der Waals surface area contributed by atoms with E-state index in [2.05, 4.69) is 21.9 Å². The molecule has 1 heterocycles. The fourth-order valence-corrected chi connectivity index (χ4v) is 2.82. The van der Waals surface area contributed by atoms with Crippen LogP contribution in [-0.2, 0) is 7.05 Å². The molecular weight excluding hydrogens is 198 g/mol. The topological polar surface area (TPSA) is 29.9 Å². The zero-order valence-electron chi connectivity index (χ0n) is 10.4. The first-order chi connectivity index (χ1) is 7.81. The van der Waals surface area contributed by atoms with Crippen LogP contribution in [-0.4, -0.2) is 16.6 Å². The smallest absolute Gasteiger partial charge is 0.125 e. The minimum absolute atomic E-state index is 0.417. The molecule has 0 radical (unpaired) electrons. The van der Waals surface area contributed by atoms with Gasteiger partial charge in [-0.25, -0.2) is 4.98 Å².